The average Bonchev–Trinajstić information content (AvgIpc) is 2.67. The van der Waals surface area contributed by atoms with Gasteiger partial charge in [0.15, 0.2) is 0 Å². The highest BCUT2D eigenvalue weighted by molar-refractivity contribution is 9.10. The Morgan fingerprint density at radius 3 is 2.50 bits per heavy atom. The zero-order valence-electron chi connectivity index (χ0n) is 16.3. The molecule has 0 spiro atoms. The molecule has 30 heavy (non-hydrogen) atoms. The lowest BCUT2D eigenvalue weighted by atomic mass is 10.2. The van der Waals surface area contributed by atoms with Gasteiger partial charge in [0, 0.05) is 43.9 Å². The summed E-state index contributed by atoms with van der Waals surface area (Å²) in [6, 6.07) is 5.98. The number of alkyl halides is 3. The van der Waals surface area contributed by atoms with Crippen LogP contribution in [0.3, 0.4) is 0 Å². The zero-order chi connectivity index (χ0) is 21.9. The average molecular weight is 509 g/mol. The molecule has 1 saturated heterocycles. The van der Waals surface area contributed by atoms with Gasteiger partial charge in [0.05, 0.1) is 10.0 Å². The summed E-state index contributed by atoms with van der Waals surface area (Å²) >= 11 is 9.41. The lowest BCUT2D eigenvalue weighted by Crippen LogP contribution is -2.49. The van der Waals surface area contributed by atoms with Gasteiger partial charge in [-0.1, -0.05) is 11.6 Å². The van der Waals surface area contributed by atoms with Crippen LogP contribution in [0.1, 0.15) is 11.1 Å². The summed E-state index contributed by atoms with van der Waals surface area (Å²) in [5, 5.41) is 11.0. The Bertz CT molecular complexity index is 836. The summed E-state index contributed by atoms with van der Waals surface area (Å²) < 4.78 is 44.5. The number of hydrogen-bond donors (Lipinski definition) is 1. The molecule has 1 aromatic heterocycles. The third-order valence-corrected chi connectivity index (χ3v) is 5.66. The van der Waals surface area contributed by atoms with Crippen LogP contribution in [0.4, 0.5) is 19.0 Å². The topological polar surface area (TPSA) is 48.8 Å². The summed E-state index contributed by atoms with van der Waals surface area (Å²) in [6.45, 7) is 5.04. The highest BCUT2D eigenvalue weighted by Crippen LogP contribution is 2.32. The van der Waals surface area contributed by atoms with E-state index in [1.807, 2.05) is 11.8 Å². The molecule has 1 atom stereocenters. The van der Waals surface area contributed by atoms with Crippen molar-refractivity contribution in [1.29, 1.82) is 0 Å². The molecule has 1 fully saturated rings. The molecule has 1 aliphatic rings. The fourth-order valence-electron chi connectivity index (χ4n) is 3.30. The number of hydrogen-bond acceptors (Lipinski definition) is 5. The van der Waals surface area contributed by atoms with Gasteiger partial charge in [-0.15, -0.1) is 0 Å². The van der Waals surface area contributed by atoms with Crippen molar-refractivity contribution in [2.45, 2.75) is 19.2 Å². The molecule has 0 aliphatic carbocycles. The Kier molecular flexibility index (Phi) is 7.49. The first kappa shape index (κ1) is 23.1. The van der Waals surface area contributed by atoms with Gasteiger partial charge in [-0.3, -0.25) is 4.90 Å². The number of anilines is 1. The Morgan fingerprint density at radius 2 is 1.93 bits per heavy atom. The Morgan fingerprint density at radius 1 is 1.23 bits per heavy atom. The second kappa shape index (κ2) is 9.72. The molecule has 0 radical (unpaired) electrons. The first-order valence-corrected chi connectivity index (χ1v) is 10.6. The van der Waals surface area contributed by atoms with E-state index in [2.05, 4.69) is 25.8 Å². The van der Waals surface area contributed by atoms with Crippen molar-refractivity contribution in [2.24, 2.45) is 0 Å². The van der Waals surface area contributed by atoms with E-state index in [-0.39, 0.29) is 6.61 Å². The minimum Gasteiger partial charge on any atom is -0.489 e. The zero-order valence-corrected chi connectivity index (χ0v) is 18.6. The number of ether oxygens (including phenoxy) is 1. The Hall–Kier alpha value is -1.55. The van der Waals surface area contributed by atoms with E-state index in [4.69, 9.17) is 16.3 Å². The van der Waals surface area contributed by atoms with E-state index in [1.165, 1.54) is 6.07 Å². The highest BCUT2D eigenvalue weighted by atomic mass is 79.9. The molecule has 2 heterocycles. The molecule has 164 valence electrons. The SMILES string of the molecule is Cc1cc(Cl)cc(Br)c1OC[C@@H](O)CN1CCN(c2ccc(C(F)(F)F)cn2)CC1. The molecule has 1 aromatic carbocycles. The van der Waals surface area contributed by atoms with Gasteiger partial charge in [-0.2, -0.15) is 13.2 Å². The summed E-state index contributed by atoms with van der Waals surface area (Å²) in [5.74, 6) is 1.17. The van der Waals surface area contributed by atoms with Crippen LogP contribution in [-0.4, -0.2) is 60.4 Å². The number of piperazine rings is 1. The third-order valence-electron chi connectivity index (χ3n) is 4.85. The quantitative estimate of drug-likeness (QED) is 0.627. The maximum Gasteiger partial charge on any atom is 0.417 e. The minimum absolute atomic E-state index is 0.141. The van der Waals surface area contributed by atoms with Crippen molar-refractivity contribution >= 4 is 33.3 Å². The van der Waals surface area contributed by atoms with Crippen LogP contribution < -0.4 is 9.64 Å². The van der Waals surface area contributed by atoms with E-state index in [0.717, 1.165) is 22.3 Å². The third kappa shape index (κ3) is 6.00. The lowest BCUT2D eigenvalue weighted by Gasteiger charge is -2.36. The number of halogens is 5. The highest BCUT2D eigenvalue weighted by Gasteiger charge is 2.31. The first-order chi connectivity index (χ1) is 14.1. The Labute approximate surface area is 186 Å². The number of benzene rings is 1. The summed E-state index contributed by atoms with van der Waals surface area (Å²) in [7, 11) is 0. The van der Waals surface area contributed by atoms with Crippen LogP contribution in [0.2, 0.25) is 5.02 Å². The molecule has 1 aliphatic heterocycles. The van der Waals surface area contributed by atoms with Crippen LogP contribution in [0.15, 0.2) is 34.9 Å². The number of rotatable bonds is 6. The van der Waals surface area contributed by atoms with Crippen molar-refractivity contribution in [2.75, 3.05) is 44.2 Å². The molecular weight excluding hydrogens is 487 g/mol. The molecule has 5 nitrogen and oxygen atoms in total. The predicted octanol–water partition coefficient (Wildman–Crippen LogP) is 4.39. The maximum atomic E-state index is 12.7. The smallest absolute Gasteiger partial charge is 0.417 e. The first-order valence-electron chi connectivity index (χ1n) is 9.40. The summed E-state index contributed by atoms with van der Waals surface area (Å²) in [5.41, 5.74) is 0.120. The summed E-state index contributed by atoms with van der Waals surface area (Å²) in [6.07, 6.45) is -4.20. The van der Waals surface area contributed by atoms with E-state index in [0.29, 0.717) is 49.3 Å². The maximum absolute atomic E-state index is 12.7. The predicted molar refractivity (Wildman–Crippen MR) is 113 cm³/mol. The molecule has 1 N–H and O–H groups in total. The van der Waals surface area contributed by atoms with Crippen LogP contribution in [0.25, 0.3) is 0 Å². The second-order valence-electron chi connectivity index (χ2n) is 7.19. The van der Waals surface area contributed by atoms with Gasteiger partial charge >= 0.3 is 6.18 Å². The number of aryl methyl sites for hydroxylation is 1. The van der Waals surface area contributed by atoms with E-state index in [9.17, 15) is 18.3 Å². The standard InChI is InChI=1S/C20H22BrClF3N3O2/c1-13-8-15(22)9-17(21)19(13)30-12-16(29)11-27-4-6-28(7-5-27)18-3-2-14(10-26-18)20(23,24)25/h2-3,8-10,16,29H,4-7,11-12H2,1H3/t16-/m0/s1. The fraction of sp³-hybridized carbons (Fsp3) is 0.450. The number of nitrogens with zero attached hydrogens (tertiary/aromatic N) is 3. The van der Waals surface area contributed by atoms with Gasteiger partial charge in [0.1, 0.15) is 24.3 Å². The number of aromatic nitrogens is 1. The molecule has 0 unspecified atom stereocenters. The van der Waals surface area contributed by atoms with Gasteiger partial charge in [0.2, 0.25) is 0 Å². The van der Waals surface area contributed by atoms with Gasteiger partial charge < -0.3 is 14.7 Å². The lowest BCUT2D eigenvalue weighted by molar-refractivity contribution is -0.137. The molecular formula is C20H22BrClF3N3O2. The minimum atomic E-state index is -4.39. The van der Waals surface area contributed by atoms with Crippen LogP contribution in [0.5, 0.6) is 5.75 Å². The molecule has 0 bridgehead atoms. The number of aliphatic hydroxyl groups excluding tert-OH is 1. The van der Waals surface area contributed by atoms with E-state index >= 15 is 0 Å². The number of aliphatic hydroxyl groups is 1. The number of β-amino-alcohol motifs (C(OH)–C–C–N with tert-alkyl or cyclic N) is 1. The van der Waals surface area contributed by atoms with Crippen molar-refractivity contribution in [3.8, 4) is 5.75 Å². The normalized spacial score (nSPS) is 16.6. The van der Waals surface area contributed by atoms with Gasteiger partial charge in [-0.25, -0.2) is 4.98 Å². The van der Waals surface area contributed by atoms with Crippen molar-refractivity contribution in [3.05, 3.63) is 51.1 Å². The molecule has 2 aromatic rings. The van der Waals surface area contributed by atoms with Crippen LogP contribution in [-0.2, 0) is 6.18 Å². The fourth-order valence-corrected chi connectivity index (χ4v) is 4.38. The largest absolute Gasteiger partial charge is 0.489 e. The van der Waals surface area contributed by atoms with Crippen LogP contribution in [0, 0.1) is 6.92 Å². The monoisotopic (exact) mass is 507 g/mol. The second-order valence-corrected chi connectivity index (χ2v) is 8.48. The molecule has 0 saturated carbocycles. The van der Waals surface area contributed by atoms with E-state index in [1.54, 1.807) is 12.1 Å². The van der Waals surface area contributed by atoms with Crippen LogP contribution >= 0.6 is 27.5 Å². The molecule has 0 amide bonds. The van der Waals surface area contributed by atoms with Crippen molar-refractivity contribution < 1.29 is 23.0 Å². The molecule has 3 rings (SSSR count). The Balaban J connectivity index is 1.46. The number of pyridine rings is 1. The summed E-state index contributed by atoms with van der Waals surface area (Å²) in [4.78, 5) is 7.98. The van der Waals surface area contributed by atoms with Crippen molar-refractivity contribution in [1.82, 2.24) is 9.88 Å². The van der Waals surface area contributed by atoms with Gasteiger partial charge in [0.25, 0.3) is 0 Å². The van der Waals surface area contributed by atoms with Gasteiger partial charge in [-0.05, 0) is 52.7 Å². The molecule has 10 heteroatoms. The van der Waals surface area contributed by atoms with E-state index < -0.39 is 17.8 Å². The van der Waals surface area contributed by atoms with Crippen molar-refractivity contribution in [3.63, 3.8) is 0 Å².